The first-order valence-electron chi connectivity index (χ1n) is 37.0. The Morgan fingerprint density at radius 3 is 0.791 bits per heavy atom. The van der Waals surface area contributed by atoms with Gasteiger partial charge >= 0.3 is 59.7 Å². The molecule has 52 heteroatoms. The van der Waals surface area contributed by atoms with E-state index in [0.717, 1.165) is 0 Å². The number of hydrogen-bond acceptors (Lipinski definition) is 52. The SMILES string of the molecule is O=C(OC1C2OC(=O)c3cc(O)c(O)c(O)c3-c3c(cc(O)c(O)c3O)C(=O)OC[C@H]2O[C@H](OC(=O)c2cc(O)c(O)c(Oc3c(C(=O)O[C@H]4OC5COC(=O)c6cc(O)c(O)c(O)c6-c6c(cc(O)c(O)c6O)C(=O)O[C@@H]5[C@@H](OC(=O)c5cc(O)c(O)c(O)c5)[C@H]4OC(=O)c4cc(O)c(O)c(O)c4)cc(O)c(O)c3O)c2)[C@@H]1OC(=O)c1cc(O)c(O)c(O)c1)c1cc(O)c(O)c(O)c1. The molecule has 0 aromatic heterocycles. The molecule has 698 valence electrons. The van der Waals surface area contributed by atoms with Gasteiger partial charge in [0.05, 0.1) is 50.1 Å². The van der Waals surface area contributed by atoms with Crippen LogP contribution in [0.5, 0.6) is 178 Å². The Morgan fingerprint density at radius 1 is 0.246 bits per heavy atom. The third-order valence-corrected chi connectivity index (χ3v) is 20.4. The number of esters is 10. The number of aromatic hydroxyl groups is 29. The summed E-state index contributed by atoms with van der Waals surface area (Å²) in [7, 11) is 0. The molecule has 10 aromatic rings. The maximum Gasteiger partial charge on any atom is 0.344 e. The molecule has 14 rings (SSSR count). The highest BCUT2D eigenvalue weighted by Crippen LogP contribution is 2.58. The van der Waals surface area contributed by atoms with Gasteiger partial charge in [-0.05, 0) is 84.9 Å². The average Bonchev–Trinajstić information content (AvgIpc) is 1.36. The van der Waals surface area contributed by atoms with Crippen molar-refractivity contribution < 1.29 is 258 Å². The summed E-state index contributed by atoms with van der Waals surface area (Å²) in [6, 6.07) is 4.83. The third-order valence-electron chi connectivity index (χ3n) is 20.4. The number of hydrogen-bond donors (Lipinski definition) is 29. The van der Waals surface area contributed by atoms with E-state index in [1.807, 2.05) is 0 Å². The van der Waals surface area contributed by atoms with Crippen LogP contribution in [0.4, 0.5) is 0 Å². The highest BCUT2D eigenvalue weighted by atomic mass is 16.8. The number of carbonyl (C=O) groups excluding carboxylic acids is 10. The second-order valence-electron chi connectivity index (χ2n) is 28.7. The Labute approximate surface area is 736 Å². The van der Waals surface area contributed by atoms with Crippen LogP contribution in [0.1, 0.15) is 104 Å². The fraction of sp³-hybridized carbons (Fsp3) is 0.146. The predicted octanol–water partition coefficient (Wildman–Crippen LogP) is 3.73. The summed E-state index contributed by atoms with van der Waals surface area (Å²) in [4.78, 5) is 148. The molecule has 3 unspecified atom stereocenters. The lowest BCUT2D eigenvalue weighted by atomic mass is 9.92. The van der Waals surface area contributed by atoms with E-state index in [0.29, 0.717) is 60.7 Å². The molecule has 0 saturated carbocycles. The van der Waals surface area contributed by atoms with Crippen LogP contribution in [0.2, 0.25) is 0 Å². The zero-order valence-electron chi connectivity index (χ0n) is 65.7. The number of rotatable bonds is 14. The minimum Gasteiger partial charge on any atom is -0.504 e. The number of phenolic OH excluding ortho intramolecular Hbond substituents is 29. The summed E-state index contributed by atoms with van der Waals surface area (Å²) in [6.07, 6.45) is -28.6. The second-order valence-corrected chi connectivity index (χ2v) is 28.7. The van der Waals surface area contributed by atoms with Crippen molar-refractivity contribution >= 4 is 59.7 Å². The number of fused-ring (bicyclic) bond motifs is 8. The van der Waals surface area contributed by atoms with E-state index < -0.39 is 390 Å². The minimum absolute atomic E-state index is 0.102. The quantitative estimate of drug-likeness (QED) is 0.0419. The van der Waals surface area contributed by atoms with Crippen LogP contribution in [0.3, 0.4) is 0 Å². The molecule has 2 fully saturated rings. The Balaban J connectivity index is 0.880. The number of phenols is 29. The van der Waals surface area contributed by atoms with Gasteiger partial charge in [-0.2, -0.15) is 0 Å². The van der Waals surface area contributed by atoms with Crippen LogP contribution in [-0.4, -0.2) is 282 Å². The Bertz CT molecular complexity index is 6660. The van der Waals surface area contributed by atoms with E-state index >= 15 is 14.4 Å². The molecule has 0 amide bonds. The zero-order chi connectivity index (χ0) is 97.7. The lowest BCUT2D eigenvalue weighted by Crippen LogP contribution is -2.63. The zero-order valence-corrected chi connectivity index (χ0v) is 65.7. The van der Waals surface area contributed by atoms with E-state index in [4.69, 9.17) is 61.6 Å². The van der Waals surface area contributed by atoms with Crippen molar-refractivity contribution in [3.05, 3.63) is 147 Å². The molecule has 4 aliphatic rings. The minimum atomic E-state index is -3.10. The number of ether oxygens (including phenoxy) is 13. The van der Waals surface area contributed by atoms with Crippen LogP contribution >= 0.6 is 0 Å². The monoisotopic (exact) mass is 1870 g/mol. The van der Waals surface area contributed by atoms with Gasteiger partial charge in [0.2, 0.25) is 65.0 Å². The summed E-state index contributed by atoms with van der Waals surface area (Å²) in [5, 5.41) is 314. The number of benzene rings is 10. The van der Waals surface area contributed by atoms with Crippen LogP contribution < -0.4 is 4.74 Å². The van der Waals surface area contributed by atoms with E-state index in [1.165, 1.54) is 0 Å². The molecule has 2 saturated heterocycles. The van der Waals surface area contributed by atoms with Crippen molar-refractivity contribution in [1.82, 2.24) is 0 Å². The summed E-state index contributed by atoms with van der Waals surface area (Å²) in [6.45, 7) is -3.14. The molecule has 0 radical (unpaired) electrons. The Hall–Kier alpha value is -19.2. The van der Waals surface area contributed by atoms with Crippen LogP contribution in [0, 0.1) is 0 Å². The number of cyclic esters (lactones) is 2. The molecule has 29 N–H and O–H groups in total. The molecule has 10 atom stereocenters. The lowest BCUT2D eigenvalue weighted by molar-refractivity contribution is -0.282. The van der Waals surface area contributed by atoms with Crippen molar-refractivity contribution in [2.45, 2.75) is 61.4 Å². The molecule has 10 aromatic carbocycles. The average molecular weight is 1880 g/mol. The fourth-order valence-corrected chi connectivity index (χ4v) is 13.9. The molecular weight excluding hydrogens is 1820 g/mol. The van der Waals surface area contributed by atoms with E-state index in [-0.39, 0.29) is 30.3 Å². The van der Waals surface area contributed by atoms with Gasteiger partial charge in [-0.1, -0.05) is 0 Å². The van der Waals surface area contributed by atoms with E-state index in [2.05, 4.69) is 0 Å². The van der Waals surface area contributed by atoms with E-state index in [1.54, 1.807) is 0 Å². The third kappa shape index (κ3) is 16.2. The molecule has 0 aliphatic carbocycles. The first-order chi connectivity index (χ1) is 63.0. The maximum absolute atomic E-state index is 15.4. The van der Waals surface area contributed by atoms with Gasteiger partial charge in [-0.3, -0.25) is 0 Å². The summed E-state index contributed by atoms with van der Waals surface area (Å²) >= 11 is 0. The molecule has 52 nitrogen and oxygen atoms in total. The van der Waals surface area contributed by atoms with Gasteiger partial charge in [0.15, 0.2) is 162 Å². The van der Waals surface area contributed by atoms with Crippen molar-refractivity contribution in [3.8, 4) is 200 Å². The van der Waals surface area contributed by atoms with Crippen molar-refractivity contribution in [2.75, 3.05) is 13.2 Å². The molecule has 4 aliphatic heterocycles. The summed E-state index contributed by atoms with van der Waals surface area (Å²) in [5.74, 6) is -65.2. The van der Waals surface area contributed by atoms with Gasteiger partial charge < -0.3 is 210 Å². The van der Waals surface area contributed by atoms with Crippen LogP contribution in [-0.2, 0) is 56.8 Å². The summed E-state index contributed by atoms with van der Waals surface area (Å²) in [5.41, 5.74) is -17.0. The molecule has 134 heavy (non-hydrogen) atoms. The van der Waals surface area contributed by atoms with E-state index in [9.17, 15) is 182 Å². The smallest absolute Gasteiger partial charge is 0.344 e. The Kier molecular flexibility index (Phi) is 23.2. The van der Waals surface area contributed by atoms with Gasteiger partial charge in [0.1, 0.15) is 31.0 Å². The topological polar surface area (TPSA) is 877 Å². The highest BCUT2D eigenvalue weighted by molar-refractivity contribution is 6.11. The normalized spacial score (nSPS) is 19.1. The maximum atomic E-state index is 15.4. The largest absolute Gasteiger partial charge is 0.504 e. The van der Waals surface area contributed by atoms with Crippen LogP contribution in [0.25, 0.3) is 22.3 Å². The predicted molar refractivity (Wildman–Crippen MR) is 415 cm³/mol. The van der Waals surface area contributed by atoms with Gasteiger partial charge in [-0.25, -0.2) is 47.9 Å². The second kappa shape index (κ2) is 34.2. The fourth-order valence-electron chi connectivity index (χ4n) is 13.9. The highest BCUT2D eigenvalue weighted by Gasteiger charge is 2.58. The first kappa shape index (κ1) is 91.0. The van der Waals surface area contributed by atoms with Gasteiger partial charge in [0.25, 0.3) is 0 Å². The Morgan fingerprint density at radius 2 is 0.485 bits per heavy atom. The molecule has 0 bridgehead atoms. The summed E-state index contributed by atoms with van der Waals surface area (Å²) < 4.78 is 74.3. The van der Waals surface area contributed by atoms with Crippen molar-refractivity contribution in [1.29, 1.82) is 0 Å². The lowest BCUT2D eigenvalue weighted by Gasteiger charge is -2.43. The van der Waals surface area contributed by atoms with Crippen molar-refractivity contribution in [2.24, 2.45) is 0 Å². The molecule has 4 heterocycles. The number of carbonyl (C=O) groups is 10. The van der Waals surface area contributed by atoms with Crippen LogP contribution in [0.15, 0.2) is 91.0 Å². The first-order valence-corrected chi connectivity index (χ1v) is 37.0. The molecular formula is C82H58O52. The van der Waals surface area contributed by atoms with Gasteiger partial charge in [-0.15, -0.1) is 0 Å². The van der Waals surface area contributed by atoms with Gasteiger partial charge in [0, 0.05) is 28.3 Å². The molecule has 0 spiro atoms. The standard InChI is InChI=1S/C82H58O52/c83-28-1-18(2-29(84)49(28)97)71(112)129-67-65-43(16-122-76(117)23-11-37(92)54(102)59(107)45(23)47-25(78(119)127-65)13-39(94)56(104)61(47)109)125-81(69(67)131-73(114)20-5-32(87)51(99)33(88)6-20)133-75(116)22-9-36(91)53(101)42(10-22)124-64-27(15-41(96)58(106)63(64)111)80(121)134-82-70(132-74(115)21-7-34(89)52(100)35(90)8-21)68(130-72(113)19-3-30(85)50(98)31(86)4-19)66-44(126-82)17-123-77(118)24-12-38(93)55(103)60(108)46(24)48-26(79(120)128-66)14-40(95)57(105)62(48)110/h1-15,43-44,65-70,81-111H,16-17H2/t43-,44?,65?,66+,67?,68-,69-,70-,81-,82-/m1/s1. The van der Waals surface area contributed by atoms with Crippen molar-refractivity contribution in [3.63, 3.8) is 0 Å².